The number of rotatable bonds is 3. The Morgan fingerprint density at radius 3 is 2.64 bits per heavy atom. The average Bonchev–Trinajstić information content (AvgIpc) is 3.11. The zero-order chi connectivity index (χ0) is 15.8. The molecule has 118 valence electrons. The molecular formula is C18H23NO2S. The topological polar surface area (TPSA) is 49.7 Å². The highest BCUT2D eigenvalue weighted by Crippen LogP contribution is 2.80. The number of nitrogens with zero attached hydrogens (tertiary/aromatic N) is 1. The molecule has 0 heterocycles. The molecule has 0 unspecified atom stereocenters. The first-order chi connectivity index (χ1) is 10.4. The fourth-order valence-electron chi connectivity index (χ4n) is 5.41. The van der Waals surface area contributed by atoms with Gasteiger partial charge >= 0.3 is 0 Å². The molecule has 1 aromatic rings. The van der Waals surface area contributed by atoms with Crippen molar-refractivity contribution in [2.75, 3.05) is 12.8 Å². The molecular weight excluding hydrogens is 294 g/mol. The highest BCUT2D eigenvalue weighted by atomic mass is 32.2. The second kappa shape index (κ2) is 4.24. The van der Waals surface area contributed by atoms with Crippen LogP contribution in [0.1, 0.15) is 19.8 Å². The van der Waals surface area contributed by atoms with Gasteiger partial charge in [-0.25, -0.2) is 8.57 Å². The highest BCUT2D eigenvalue weighted by molar-refractivity contribution is 7.93. The van der Waals surface area contributed by atoms with Crippen LogP contribution in [0.2, 0.25) is 0 Å². The predicted octanol–water partition coefficient (Wildman–Crippen LogP) is 3.11. The van der Waals surface area contributed by atoms with Crippen molar-refractivity contribution >= 4 is 9.73 Å². The molecule has 4 aliphatic rings. The Kier molecular flexibility index (Phi) is 2.78. The molecule has 3 nitrogen and oxygen atoms in total. The predicted molar refractivity (Wildman–Crippen MR) is 88.0 cm³/mol. The zero-order valence-electron chi connectivity index (χ0n) is 13.2. The van der Waals surface area contributed by atoms with Crippen LogP contribution in [0.3, 0.4) is 0 Å². The lowest BCUT2D eigenvalue weighted by Crippen LogP contribution is -2.49. The van der Waals surface area contributed by atoms with Gasteiger partial charge in [0.2, 0.25) is 0 Å². The first-order valence-corrected chi connectivity index (χ1v) is 9.64. The van der Waals surface area contributed by atoms with Crippen LogP contribution in [0.15, 0.2) is 51.7 Å². The highest BCUT2D eigenvalue weighted by Gasteiger charge is 2.79. The molecule has 4 bridgehead atoms. The molecule has 22 heavy (non-hydrogen) atoms. The molecule has 6 atom stereocenters. The molecule has 0 saturated heterocycles. The molecule has 0 spiro atoms. The normalized spacial score (nSPS) is 44.5. The lowest BCUT2D eigenvalue weighted by Gasteiger charge is -2.43. The van der Waals surface area contributed by atoms with Crippen molar-refractivity contribution in [2.45, 2.75) is 30.3 Å². The summed E-state index contributed by atoms with van der Waals surface area (Å²) in [6.45, 7) is 6.50. The molecule has 1 N–H and O–H groups in total. The Morgan fingerprint density at radius 2 is 2.09 bits per heavy atom. The molecule has 5 rings (SSSR count). The summed E-state index contributed by atoms with van der Waals surface area (Å²) in [6.07, 6.45) is 2.12. The summed E-state index contributed by atoms with van der Waals surface area (Å²) in [5.74, 6) is 0.974. The van der Waals surface area contributed by atoms with Gasteiger partial charge in [-0.15, -0.1) is 0 Å². The molecule has 0 amide bonds. The summed E-state index contributed by atoms with van der Waals surface area (Å²) in [6, 6.07) is 9.38. The second-order valence-corrected chi connectivity index (χ2v) is 9.81. The number of hydrogen-bond donors (Lipinski definition) is 1. The summed E-state index contributed by atoms with van der Waals surface area (Å²) in [5, 5.41) is 11.5. The third-order valence-electron chi connectivity index (χ3n) is 6.44. The van der Waals surface area contributed by atoms with E-state index in [-0.39, 0.29) is 23.0 Å². The molecule has 4 heteroatoms. The smallest absolute Gasteiger partial charge is 0.0878 e. The van der Waals surface area contributed by atoms with Crippen LogP contribution >= 0.6 is 0 Å². The van der Waals surface area contributed by atoms with Crippen LogP contribution in [0.25, 0.3) is 0 Å². The average molecular weight is 317 g/mol. The molecule has 4 fully saturated rings. The van der Waals surface area contributed by atoms with E-state index in [1.54, 1.807) is 7.05 Å². The van der Waals surface area contributed by atoms with E-state index in [0.717, 1.165) is 17.7 Å². The van der Waals surface area contributed by atoms with Crippen LogP contribution in [-0.2, 0) is 9.73 Å². The quantitative estimate of drug-likeness (QED) is 0.871. The summed E-state index contributed by atoms with van der Waals surface area (Å²) in [7, 11) is -0.989. The van der Waals surface area contributed by atoms with Crippen molar-refractivity contribution in [3.05, 3.63) is 42.5 Å². The number of benzene rings is 1. The Balaban J connectivity index is 1.75. The largest absolute Gasteiger partial charge is 0.388 e. The monoisotopic (exact) mass is 317 g/mol. The van der Waals surface area contributed by atoms with Gasteiger partial charge in [0.05, 0.1) is 21.1 Å². The van der Waals surface area contributed by atoms with Crippen molar-refractivity contribution in [3.8, 4) is 0 Å². The van der Waals surface area contributed by atoms with Gasteiger partial charge < -0.3 is 5.11 Å². The van der Waals surface area contributed by atoms with Crippen LogP contribution < -0.4 is 0 Å². The SMILES string of the molecule is C=C1[C@H]2CC[C@@]3(C)[C@@H]1[C@@H]3[C@]2(O)C[S@](=O)(=NC)c1ccccc1. The first-order valence-electron chi connectivity index (χ1n) is 7.96. The van der Waals surface area contributed by atoms with Gasteiger partial charge in [-0.2, -0.15) is 0 Å². The molecule has 0 aromatic heterocycles. The Hall–Kier alpha value is -1.13. The number of aliphatic hydroxyl groups is 1. The first kappa shape index (κ1) is 14.5. The van der Waals surface area contributed by atoms with E-state index in [2.05, 4.69) is 17.9 Å². The van der Waals surface area contributed by atoms with E-state index < -0.39 is 15.3 Å². The van der Waals surface area contributed by atoms with Crippen LogP contribution in [0.5, 0.6) is 0 Å². The van der Waals surface area contributed by atoms with E-state index in [1.165, 1.54) is 5.57 Å². The number of fused-ring (bicyclic) bond motifs is 1. The van der Waals surface area contributed by atoms with Gasteiger partial charge in [-0.05, 0) is 36.3 Å². The summed E-state index contributed by atoms with van der Waals surface area (Å²) < 4.78 is 17.6. The molecule has 1 aromatic carbocycles. The lowest BCUT2D eigenvalue weighted by molar-refractivity contribution is -0.0318. The van der Waals surface area contributed by atoms with Crippen molar-refractivity contribution in [1.82, 2.24) is 0 Å². The maximum atomic E-state index is 13.4. The van der Waals surface area contributed by atoms with Crippen molar-refractivity contribution in [1.29, 1.82) is 0 Å². The summed E-state index contributed by atoms with van der Waals surface area (Å²) in [4.78, 5) is 0.724. The van der Waals surface area contributed by atoms with Gasteiger partial charge in [0, 0.05) is 23.8 Å². The van der Waals surface area contributed by atoms with Gasteiger partial charge in [-0.1, -0.05) is 37.3 Å². The molecule has 4 aliphatic carbocycles. The van der Waals surface area contributed by atoms with Gasteiger partial charge in [0.25, 0.3) is 0 Å². The maximum absolute atomic E-state index is 13.4. The Morgan fingerprint density at radius 1 is 1.41 bits per heavy atom. The van der Waals surface area contributed by atoms with Crippen LogP contribution in [0, 0.1) is 23.2 Å². The van der Waals surface area contributed by atoms with E-state index in [4.69, 9.17) is 0 Å². The van der Waals surface area contributed by atoms with E-state index >= 15 is 0 Å². The third kappa shape index (κ3) is 1.57. The van der Waals surface area contributed by atoms with Gasteiger partial charge in [-0.3, -0.25) is 0 Å². The zero-order valence-corrected chi connectivity index (χ0v) is 14.0. The summed E-state index contributed by atoms with van der Waals surface area (Å²) >= 11 is 0. The Labute approximate surface area is 132 Å². The molecule has 0 aliphatic heterocycles. The number of hydrogen-bond acceptors (Lipinski definition) is 3. The van der Waals surface area contributed by atoms with E-state index in [0.29, 0.717) is 5.92 Å². The fourth-order valence-corrected chi connectivity index (χ4v) is 7.50. The Bertz CT molecular complexity index is 765. The standard InChI is InChI=1S/C18H23NO2S/c1-12-14-9-10-17(2)15(12)16(17)18(14,20)11-22(21,19-3)13-7-5-4-6-8-13/h4-8,14-16,20H,1,9-11H2,2-3H3/t14-,15+,16+,17+,18+,22-/m1/s1. The summed E-state index contributed by atoms with van der Waals surface area (Å²) in [5.41, 5.74) is 0.458. The minimum atomic E-state index is -2.59. The molecule has 4 saturated carbocycles. The van der Waals surface area contributed by atoms with Crippen LogP contribution in [0.4, 0.5) is 0 Å². The van der Waals surface area contributed by atoms with Crippen molar-refractivity contribution in [3.63, 3.8) is 0 Å². The van der Waals surface area contributed by atoms with E-state index in [1.807, 2.05) is 30.3 Å². The fraction of sp³-hybridized carbons (Fsp3) is 0.556. The van der Waals surface area contributed by atoms with Crippen molar-refractivity contribution < 1.29 is 9.32 Å². The van der Waals surface area contributed by atoms with Crippen molar-refractivity contribution in [2.24, 2.45) is 27.5 Å². The molecule has 0 radical (unpaired) electrons. The third-order valence-corrected chi connectivity index (χ3v) is 8.89. The lowest BCUT2D eigenvalue weighted by atomic mass is 9.68. The minimum Gasteiger partial charge on any atom is -0.388 e. The van der Waals surface area contributed by atoms with Gasteiger partial charge in [0.15, 0.2) is 0 Å². The van der Waals surface area contributed by atoms with Crippen LogP contribution in [-0.4, -0.2) is 27.7 Å². The second-order valence-electron chi connectivity index (χ2n) is 7.40. The maximum Gasteiger partial charge on any atom is 0.0878 e. The minimum absolute atomic E-state index is 0.0932. The van der Waals surface area contributed by atoms with E-state index in [9.17, 15) is 9.32 Å². The van der Waals surface area contributed by atoms with Gasteiger partial charge in [0.1, 0.15) is 0 Å².